The Labute approximate surface area is 565 Å². The van der Waals surface area contributed by atoms with Crippen LogP contribution in [-0.4, -0.2) is 124 Å². The fourth-order valence-electron chi connectivity index (χ4n) is 12.8. The summed E-state index contributed by atoms with van der Waals surface area (Å²) < 4.78 is 0. The number of aromatic amines is 4. The molecule has 0 saturated carbocycles. The van der Waals surface area contributed by atoms with Crippen LogP contribution in [0.3, 0.4) is 0 Å². The van der Waals surface area contributed by atoms with E-state index in [1.807, 2.05) is 14.6 Å². The van der Waals surface area contributed by atoms with Gasteiger partial charge >= 0.3 is 0 Å². The largest absolute Gasteiger partial charge is 0.326 e. The summed E-state index contributed by atoms with van der Waals surface area (Å²) in [4.78, 5) is 110. The van der Waals surface area contributed by atoms with Gasteiger partial charge in [0.25, 0.3) is 0 Å². The molecule has 5 aliphatic heterocycles. The zero-order valence-electron chi connectivity index (χ0n) is 58.1. The first-order valence-corrected chi connectivity index (χ1v) is 33.1. The van der Waals surface area contributed by atoms with Gasteiger partial charge in [-0.15, -0.1) is 0 Å². The monoisotopic (exact) mass is 1290 g/mol. The van der Waals surface area contributed by atoms with E-state index in [1.165, 1.54) is 0 Å². The van der Waals surface area contributed by atoms with Gasteiger partial charge in [-0.3, -0.25) is 0 Å². The third-order valence-electron chi connectivity index (χ3n) is 18.8. The van der Waals surface area contributed by atoms with E-state index in [0.717, 1.165) is 66.4 Å². The van der Waals surface area contributed by atoms with Gasteiger partial charge in [-0.2, -0.15) is 0 Å². The van der Waals surface area contributed by atoms with Gasteiger partial charge in [-0.05, 0) is 73.0 Å². The summed E-state index contributed by atoms with van der Waals surface area (Å²) in [6, 6.07) is 19.5. The number of H-pyrrole nitrogens is 4. The first-order valence-electron chi connectivity index (χ1n) is 33.1. The van der Waals surface area contributed by atoms with Crippen molar-refractivity contribution in [3.63, 3.8) is 0 Å². The minimum atomic E-state index is -0.390. The van der Waals surface area contributed by atoms with E-state index in [0.29, 0.717) is 124 Å². The lowest BCUT2D eigenvalue weighted by molar-refractivity contribution is 0.566. The van der Waals surface area contributed by atoms with Crippen molar-refractivity contribution in [2.24, 2.45) is 0 Å². The van der Waals surface area contributed by atoms with E-state index >= 15 is 0 Å². The van der Waals surface area contributed by atoms with Crippen LogP contribution in [0.15, 0.2) is 73.2 Å². The molecule has 24 heteroatoms. The van der Waals surface area contributed by atoms with Gasteiger partial charge in [0.2, 0.25) is 0 Å². The number of benzene rings is 3. The predicted octanol–water partition coefficient (Wildman–Crippen LogP) is 12.9. The van der Waals surface area contributed by atoms with Crippen molar-refractivity contribution in [3.8, 4) is 68.8 Å². The Hall–Kier alpha value is -10.8. The summed E-state index contributed by atoms with van der Waals surface area (Å²) in [5, 5.41) is 3.45. The van der Waals surface area contributed by atoms with Gasteiger partial charge in [0.15, 0.2) is 72.4 Å². The highest BCUT2D eigenvalue weighted by Crippen LogP contribution is 2.42. The topological polar surface area (TPSA) is 295 Å². The van der Waals surface area contributed by atoms with Crippen LogP contribution in [0.2, 0.25) is 0 Å². The highest BCUT2D eigenvalue weighted by Gasteiger charge is 2.36. The Morgan fingerprint density at radius 1 is 0.265 bits per heavy atom. The van der Waals surface area contributed by atoms with Gasteiger partial charge in [-0.25, -0.2) is 89.7 Å². The molecule has 9 aromatic heterocycles. The Morgan fingerprint density at radius 3 is 1.09 bits per heavy atom. The van der Waals surface area contributed by atoms with Crippen molar-refractivity contribution in [1.29, 1.82) is 0 Å². The van der Waals surface area contributed by atoms with Crippen molar-refractivity contribution in [2.75, 3.05) is 0 Å². The quantitative estimate of drug-likeness (QED) is 0.103. The predicted molar refractivity (Wildman–Crippen MR) is 387 cm³/mol. The molecule has 16 bridgehead atoms. The number of hydrogen-bond acceptors (Lipinski definition) is 18. The van der Waals surface area contributed by atoms with Crippen LogP contribution in [0, 0.1) is 0 Å². The molecule has 22 nitrogen and oxygen atoms in total. The zero-order chi connectivity index (χ0) is 68.4. The second-order valence-electron chi connectivity index (χ2n) is 32.3. The molecule has 2 radical (unpaired) electrons. The molecular weight excluding hydrogens is 1220 g/mol. The van der Waals surface area contributed by atoms with E-state index in [4.69, 9.17) is 89.7 Å². The lowest BCUT2D eigenvalue weighted by Crippen LogP contribution is -2.39. The summed E-state index contributed by atoms with van der Waals surface area (Å²) in [6.07, 6.45) is 5.33. The molecule has 98 heavy (non-hydrogen) atoms. The third-order valence-corrected chi connectivity index (χ3v) is 18.8. The maximum absolute atomic E-state index is 5.58. The first kappa shape index (κ1) is 60.9. The van der Waals surface area contributed by atoms with Crippen molar-refractivity contribution >= 4 is 114 Å². The second kappa shape index (κ2) is 20.4. The van der Waals surface area contributed by atoms with Crippen molar-refractivity contribution in [3.05, 3.63) is 119 Å². The summed E-state index contributed by atoms with van der Waals surface area (Å²) >= 11 is 0. The molecule has 14 heterocycles. The average molecular weight is 1290 g/mol. The number of nitrogens with one attached hydrogen (secondary N) is 4. The van der Waals surface area contributed by atoms with Gasteiger partial charge in [0.05, 0.1) is 17.1 Å². The lowest BCUT2D eigenvalue weighted by atomic mass is 9.44. The van der Waals surface area contributed by atoms with Crippen LogP contribution in [0.5, 0.6) is 0 Å². The molecule has 0 aliphatic carbocycles. The first-order chi connectivity index (χ1) is 46.2. The molecule has 0 unspecified atom stereocenters. The molecule has 0 atom stereocenters. The zero-order valence-corrected chi connectivity index (χ0v) is 58.1. The highest BCUT2D eigenvalue weighted by atomic mass is 15.1. The van der Waals surface area contributed by atoms with E-state index < -0.39 is 5.41 Å². The molecule has 5 aliphatic rings. The van der Waals surface area contributed by atoms with Crippen LogP contribution in [0.25, 0.3) is 158 Å². The number of fused-ring (bicyclic) bond motifs is 39. The van der Waals surface area contributed by atoms with Gasteiger partial charge in [0.1, 0.15) is 67.7 Å². The van der Waals surface area contributed by atoms with Crippen LogP contribution in [0.1, 0.15) is 170 Å². The van der Waals surface area contributed by atoms with Crippen LogP contribution in [-0.2, 0) is 32.5 Å². The van der Waals surface area contributed by atoms with E-state index in [2.05, 4.69) is 199 Å². The molecule has 12 aromatic rings. The number of rotatable bonds is 0. The van der Waals surface area contributed by atoms with Crippen molar-refractivity contribution in [1.82, 2.24) is 110 Å². The van der Waals surface area contributed by atoms with Gasteiger partial charge < -0.3 is 19.9 Å². The summed E-state index contributed by atoms with van der Waals surface area (Å²) in [5.41, 5.74) is 14.9. The molecule has 3 aromatic carbocycles. The SMILES string of the molecule is CC(C)(C)c1ccc2c(c1)-c1nc-2nc2[nH]c(nc3nc(nc4[nH]c(n1)c1ccc(C(C)(C)C)cc41)C1=C3[B]c3c(c4nc5nc(nc6[nH]c(nc7nc(nc3[nH]4)-c3nc(C(C)(C)C)cnc3-7)c3nc(C(C)(C)C)cnc63)-c3nc(C(C)(C)C)cnc3-5)[B]1)c1ccc(C(C)(C)C)cc21. The van der Waals surface area contributed by atoms with E-state index in [-0.39, 0.29) is 50.4 Å². The molecular formula is C74H70B2N22. The Balaban J connectivity index is 0.974. The van der Waals surface area contributed by atoms with Crippen molar-refractivity contribution in [2.45, 2.75) is 157 Å². The second-order valence-corrected chi connectivity index (χ2v) is 32.3. The van der Waals surface area contributed by atoms with Crippen molar-refractivity contribution < 1.29 is 0 Å². The van der Waals surface area contributed by atoms with E-state index in [9.17, 15) is 0 Å². The molecule has 0 fully saturated rings. The Kier molecular flexibility index (Phi) is 12.7. The molecule has 0 amide bonds. The maximum atomic E-state index is 5.58. The van der Waals surface area contributed by atoms with Crippen LogP contribution >= 0.6 is 0 Å². The maximum Gasteiger partial charge on any atom is 0.200 e. The average Bonchev–Trinajstić information content (AvgIpc) is 1.58. The normalized spacial score (nSPS) is 13.9. The van der Waals surface area contributed by atoms with Crippen LogP contribution < -0.4 is 10.9 Å². The van der Waals surface area contributed by atoms with Gasteiger partial charge in [-0.1, -0.05) is 161 Å². The Bertz CT molecular complexity index is 5970. The standard InChI is InChI=1S/C74H70B2N22/c1-69(2,3)31-19-22-34-37(25-31)56-83-53(34)84-57-38-26-32(70(4,5)6)21-24-36(38)55(87-57)88-59-43-44(60(90-59)89-58-39-27-33(71(7,8)9)20-23-35(39)54(85-56)86-58)76-45-46(75-43)62-91-61(45)92-63-47-51(81-41(28-77-47)73(13,14)15)67(94-63)97-65-49-52(82-42(30-79-49)74(16,17)18)68(98-65)96-64-48-50(66(93-62)95-64)80-40(29-78-48)72(10,11)12/h19-30H,1-18H3,(H2,83,84,85,86,87,88,89,90)(H2,91,92,93,94,95,96,97,98). The summed E-state index contributed by atoms with van der Waals surface area (Å²) in [6.45, 7) is 38.7. The number of aromatic nitrogens is 22. The fourth-order valence-corrected chi connectivity index (χ4v) is 12.8. The number of hydrogen-bond donors (Lipinski definition) is 4. The Morgan fingerprint density at radius 2 is 0.612 bits per heavy atom. The molecule has 0 spiro atoms. The molecule has 17 rings (SSSR count). The summed E-state index contributed by atoms with van der Waals surface area (Å²) in [7, 11) is 4.10. The number of nitrogens with zero attached hydrogens (tertiary/aromatic N) is 18. The third kappa shape index (κ3) is 9.89. The highest BCUT2D eigenvalue weighted by molar-refractivity contribution is 6.95. The van der Waals surface area contributed by atoms with Gasteiger partial charge in [0, 0.05) is 67.5 Å². The van der Waals surface area contributed by atoms with Crippen LogP contribution in [0.4, 0.5) is 0 Å². The summed E-state index contributed by atoms with van der Waals surface area (Å²) in [5.74, 6) is 2.91. The smallest absolute Gasteiger partial charge is 0.200 e. The molecule has 482 valence electrons. The molecule has 0 saturated heterocycles. The molecule has 4 N–H and O–H groups in total. The lowest BCUT2D eigenvalue weighted by Gasteiger charge is -2.19. The fraction of sp³-hybridized carbons (Fsp3) is 0.324. The van der Waals surface area contributed by atoms with E-state index in [1.54, 1.807) is 18.6 Å². The minimum Gasteiger partial charge on any atom is -0.326 e. The minimum absolute atomic E-state index is 0.157.